The van der Waals surface area contributed by atoms with Crippen LogP contribution in [0, 0.1) is 0 Å². The molecule has 2 rings (SSSR count). The average molecular weight is 269 g/mol. The lowest BCUT2D eigenvalue weighted by atomic mass is 10.1. The molecular weight excluding hydrogens is 256 g/mol. The Labute approximate surface area is 109 Å². The van der Waals surface area contributed by atoms with E-state index >= 15 is 0 Å². The topological polar surface area (TPSA) is 35.0 Å². The molecule has 0 aliphatic heterocycles. The molecule has 17 heavy (non-hydrogen) atoms. The van der Waals surface area contributed by atoms with Gasteiger partial charge in [0.2, 0.25) is 5.88 Å². The van der Waals surface area contributed by atoms with Crippen LogP contribution in [0.4, 0.5) is 0 Å². The number of halogens is 1. The molecule has 0 spiro atoms. The number of hydrogen-bond acceptors (Lipinski definition) is 4. The third-order valence-corrected chi connectivity index (χ3v) is 3.46. The van der Waals surface area contributed by atoms with E-state index in [9.17, 15) is 0 Å². The minimum absolute atomic E-state index is 0.238. The molecule has 0 saturated heterocycles. The van der Waals surface area contributed by atoms with Crippen LogP contribution in [0.3, 0.4) is 0 Å². The van der Waals surface area contributed by atoms with Crippen LogP contribution in [0.1, 0.15) is 30.2 Å². The first-order chi connectivity index (χ1) is 8.18. The Morgan fingerprint density at radius 2 is 2.24 bits per heavy atom. The first-order valence-corrected chi connectivity index (χ1v) is 6.60. The molecule has 0 aliphatic carbocycles. The Morgan fingerprint density at radius 3 is 2.88 bits per heavy atom. The molecule has 0 radical (unpaired) electrons. The third kappa shape index (κ3) is 2.96. The van der Waals surface area contributed by atoms with Crippen LogP contribution < -0.4 is 4.74 Å². The number of nitrogens with zero attached hydrogens (tertiary/aromatic N) is 2. The summed E-state index contributed by atoms with van der Waals surface area (Å²) in [6, 6.07) is 4.03. The molecule has 2 aromatic rings. The average Bonchev–Trinajstić information content (AvgIpc) is 2.78. The number of ether oxygens (including phenoxy) is 1. The summed E-state index contributed by atoms with van der Waals surface area (Å²) >= 11 is 7.72. The smallest absolute Gasteiger partial charge is 0.221 e. The molecule has 0 fully saturated rings. The number of rotatable bonds is 4. The second kappa shape index (κ2) is 5.47. The summed E-state index contributed by atoms with van der Waals surface area (Å²) in [7, 11) is 0. The lowest BCUT2D eigenvalue weighted by Crippen LogP contribution is -2.03. The molecule has 5 heteroatoms. The first kappa shape index (κ1) is 12.3. The molecule has 3 nitrogen and oxygen atoms in total. The molecule has 0 aromatic carbocycles. The lowest BCUT2D eigenvalue weighted by Gasteiger charge is -2.12. The van der Waals surface area contributed by atoms with Crippen molar-refractivity contribution in [1.29, 1.82) is 0 Å². The van der Waals surface area contributed by atoms with Gasteiger partial charge in [0, 0.05) is 4.88 Å². The van der Waals surface area contributed by atoms with Crippen LogP contribution in [0.2, 0.25) is 5.15 Å². The number of thiophene rings is 1. The van der Waals surface area contributed by atoms with Gasteiger partial charge in [-0.1, -0.05) is 31.5 Å². The van der Waals surface area contributed by atoms with Crippen molar-refractivity contribution in [2.24, 2.45) is 0 Å². The maximum atomic E-state index is 6.06. The minimum atomic E-state index is 0.238. The van der Waals surface area contributed by atoms with Crippen LogP contribution in [0.25, 0.3) is 0 Å². The van der Waals surface area contributed by atoms with Gasteiger partial charge in [0.1, 0.15) is 18.1 Å². The SMILES string of the molecule is CC(C)c1c(Cl)ncnc1OCc1cccs1. The second-order valence-corrected chi connectivity index (χ2v) is 5.30. The molecule has 0 atom stereocenters. The van der Waals surface area contributed by atoms with Crippen LogP contribution in [-0.4, -0.2) is 9.97 Å². The molecular formula is C12H13ClN2OS. The maximum absolute atomic E-state index is 6.06. The molecule has 2 aromatic heterocycles. The molecule has 0 N–H and O–H groups in total. The van der Waals surface area contributed by atoms with E-state index in [4.69, 9.17) is 16.3 Å². The van der Waals surface area contributed by atoms with Crippen molar-refractivity contribution in [1.82, 2.24) is 9.97 Å². The highest BCUT2D eigenvalue weighted by molar-refractivity contribution is 7.09. The van der Waals surface area contributed by atoms with E-state index in [0.29, 0.717) is 17.6 Å². The van der Waals surface area contributed by atoms with Gasteiger partial charge in [0.15, 0.2) is 0 Å². The molecule has 0 aliphatic rings. The summed E-state index contributed by atoms with van der Waals surface area (Å²) in [6.07, 6.45) is 1.43. The van der Waals surface area contributed by atoms with E-state index in [-0.39, 0.29) is 5.92 Å². The summed E-state index contributed by atoms with van der Waals surface area (Å²) in [5, 5.41) is 2.49. The fraction of sp³-hybridized carbons (Fsp3) is 0.333. The van der Waals surface area contributed by atoms with Gasteiger partial charge in [0.05, 0.1) is 5.56 Å². The van der Waals surface area contributed by atoms with Gasteiger partial charge in [-0.25, -0.2) is 9.97 Å². The molecule has 0 unspecified atom stereocenters. The largest absolute Gasteiger partial charge is 0.472 e. The van der Waals surface area contributed by atoms with Crippen molar-refractivity contribution < 1.29 is 4.74 Å². The zero-order valence-corrected chi connectivity index (χ0v) is 11.3. The van der Waals surface area contributed by atoms with E-state index < -0.39 is 0 Å². The fourth-order valence-electron chi connectivity index (χ4n) is 1.49. The summed E-state index contributed by atoms with van der Waals surface area (Å²) in [4.78, 5) is 9.29. The molecule has 2 heterocycles. The normalized spacial score (nSPS) is 10.8. The minimum Gasteiger partial charge on any atom is -0.472 e. The highest BCUT2D eigenvalue weighted by Gasteiger charge is 2.14. The van der Waals surface area contributed by atoms with E-state index in [0.717, 1.165) is 10.4 Å². The van der Waals surface area contributed by atoms with Crippen LogP contribution in [-0.2, 0) is 6.61 Å². The summed E-state index contributed by atoms with van der Waals surface area (Å²) in [5.41, 5.74) is 0.866. The van der Waals surface area contributed by atoms with Gasteiger partial charge in [-0.05, 0) is 17.4 Å². The zero-order chi connectivity index (χ0) is 12.3. The lowest BCUT2D eigenvalue weighted by molar-refractivity contribution is 0.292. The van der Waals surface area contributed by atoms with E-state index in [2.05, 4.69) is 9.97 Å². The summed E-state index contributed by atoms with van der Waals surface area (Å²) < 4.78 is 5.70. The third-order valence-electron chi connectivity index (χ3n) is 2.31. The van der Waals surface area contributed by atoms with Crippen molar-refractivity contribution in [2.45, 2.75) is 26.4 Å². The molecule has 0 saturated carbocycles. The number of aromatic nitrogens is 2. The van der Waals surface area contributed by atoms with E-state index in [1.807, 2.05) is 31.4 Å². The Balaban J connectivity index is 2.18. The summed E-state index contributed by atoms with van der Waals surface area (Å²) in [5.74, 6) is 0.815. The van der Waals surface area contributed by atoms with E-state index in [1.165, 1.54) is 6.33 Å². The van der Waals surface area contributed by atoms with Gasteiger partial charge < -0.3 is 4.74 Å². The van der Waals surface area contributed by atoms with Crippen molar-refractivity contribution in [3.8, 4) is 5.88 Å². The Hall–Kier alpha value is -1.13. The summed E-state index contributed by atoms with van der Waals surface area (Å²) in [6.45, 7) is 4.61. The second-order valence-electron chi connectivity index (χ2n) is 3.91. The van der Waals surface area contributed by atoms with Crippen LogP contribution >= 0.6 is 22.9 Å². The number of hydrogen-bond donors (Lipinski definition) is 0. The Morgan fingerprint density at radius 1 is 1.41 bits per heavy atom. The maximum Gasteiger partial charge on any atom is 0.221 e. The van der Waals surface area contributed by atoms with Gasteiger partial charge >= 0.3 is 0 Å². The standard InChI is InChI=1S/C12H13ClN2OS/c1-8(2)10-11(13)14-7-15-12(10)16-6-9-4-3-5-17-9/h3-5,7-8H,6H2,1-2H3. The highest BCUT2D eigenvalue weighted by atomic mass is 35.5. The predicted octanol–water partition coefficient (Wildman–Crippen LogP) is 3.89. The van der Waals surface area contributed by atoms with Crippen molar-refractivity contribution in [3.05, 3.63) is 39.4 Å². The highest BCUT2D eigenvalue weighted by Crippen LogP contribution is 2.30. The van der Waals surface area contributed by atoms with Gasteiger partial charge in [0.25, 0.3) is 0 Å². The van der Waals surface area contributed by atoms with Crippen molar-refractivity contribution in [2.75, 3.05) is 0 Å². The van der Waals surface area contributed by atoms with Crippen LogP contribution in [0.15, 0.2) is 23.8 Å². The predicted molar refractivity (Wildman–Crippen MR) is 69.8 cm³/mol. The Bertz CT molecular complexity index is 485. The van der Waals surface area contributed by atoms with Crippen molar-refractivity contribution in [3.63, 3.8) is 0 Å². The van der Waals surface area contributed by atoms with Gasteiger partial charge in [-0.15, -0.1) is 11.3 Å². The van der Waals surface area contributed by atoms with Crippen LogP contribution in [0.5, 0.6) is 5.88 Å². The first-order valence-electron chi connectivity index (χ1n) is 5.34. The van der Waals surface area contributed by atoms with Gasteiger partial charge in [-0.2, -0.15) is 0 Å². The monoisotopic (exact) mass is 268 g/mol. The fourth-order valence-corrected chi connectivity index (χ4v) is 2.45. The van der Waals surface area contributed by atoms with Gasteiger partial charge in [-0.3, -0.25) is 0 Å². The molecule has 90 valence electrons. The van der Waals surface area contributed by atoms with E-state index in [1.54, 1.807) is 11.3 Å². The zero-order valence-electron chi connectivity index (χ0n) is 9.68. The van der Waals surface area contributed by atoms with Crippen molar-refractivity contribution >= 4 is 22.9 Å². The quantitative estimate of drug-likeness (QED) is 0.789. The molecule has 0 amide bonds. The Kier molecular flexibility index (Phi) is 3.97. The molecule has 0 bridgehead atoms.